The molecule has 1 aromatic rings. The highest BCUT2D eigenvalue weighted by atomic mass is 79.9. The van der Waals surface area contributed by atoms with Crippen molar-refractivity contribution in [2.75, 3.05) is 0 Å². The molecule has 0 bridgehead atoms. The van der Waals surface area contributed by atoms with Crippen LogP contribution < -0.4 is 0 Å². The van der Waals surface area contributed by atoms with Crippen LogP contribution in [0.2, 0.25) is 0 Å². The number of carboxylic acids is 1. The second-order valence-electron chi connectivity index (χ2n) is 3.66. The standard InChI is InChI=1S/C12H12Br2O3/c1-7(15)12(14)9-4-2-3-8(6-13)10(9)5-11(16)17/h2-4,12H,5-6H2,1H3,(H,16,17). The summed E-state index contributed by atoms with van der Waals surface area (Å²) in [6.07, 6.45) is -0.0769. The molecule has 1 rings (SSSR count). The number of alkyl halides is 2. The van der Waals surface area contributed by atoms with Crippen molar-refractivity contribution in [3.05, 3.63) is 34.9 Å². The molecule has 0 spiro atoms. The van der Waals surface area contributed by atoms with Gasteiger partial charge in [-0.3, -0.25) is 9.59 Å². The second-order valence-corrected chi connectivity index (χ2v) is 5.14. The van der Waals surface area contributed by atoms with Gasteiger partial charge in [0.15, 0.2) is 0 Å². The summed E-state index contributed by atoms with van der Waals surface area (Å²) in [4.78, 5) is 21.8. The van der Waals surface area contributed by atoms with Crippen molar-refractivity contribution < 1.29 is 14.7 Å². The van der Waals surface area contributed by atoms with Crippen LogP contribution in [0.4, 0.5) is 0 Å². The number of carbonyl (C=O) groups excluding carboxylic acids is 1. The highest BCUT2D eigenvalue weighted by molar-refractivity contribution is 9.09. The molecule has 0 aliphatic heterocycles. The normalized spacial score (nSPS) is 12.2. The van der Waals surface area contributed by atoms with E-state index in [2.05, 4.69) is 31.9 Å². The fraction of sp³-hybridized carbons (Fsp3) is 0.333. The first-order valence-corrected chi connectivity index (χ1v) is 7.04. The number of carboxylic acid groups (broad SMARTS) is 1. The van der Waals surface area contributed by atoms with Gasteiger partial charge in [-0.2, -0.15) is 0 Å². The van der Waals surface area contributed by atoms with Crippen LogP contribution >= 0.6 is 31.9 Å². The Bertz CT molecular complexity index is 443. The summed E-state index contributed by atoms with van der Waals surface area (Å²) in [5.74, 6) is -0.939. The lowest BCUT2D eigenvalue weighted by Crippen LogP contribution is -2.11. The summed E-state index contributed by atoms with van der Waals surface area (Å²) in [6.45, 7) is 1.48. The molecule has 0 aliphatic rings. The van der Waals surface area contributed by atoms with Gasteiger partial charge < -0.3 is 5.11 Å². The third kappa shape index (κ3) is 3.64. The van der Waals surface area contributed by atoms with Crippen LogP contribution in [0.25, 0.3) is 0 Å². The van der Waals surface area contributed by atoms with Crippen LogP contribution in [0.5, 0.6) is 0 Å². The summed E-state index contributed by atoms with van der Waals surface area (Å²) in [7, 11) is 0. The second kappa shape index (κ2) is 6.31. The van der Waals surface area contributed by atoms with Crippen LogP contribution in [-0.4, -0.2) is 16.9 Å². The molecule has 1 atom stereocenters. The topological polar surface area (TPSA) is 54.4 Å². The Labute approximate surface area is 116 Å². The van der Waals surface area contributed by atoms with Gasteiger partial charge in [0.05, 0.1) is 11.2 Å². The maximum absolute atomic E-state index is 11.4. The Kier molecular flexibility index (Phi) is 5.33. The molecule has 1 unspecified atom stereocenters. The van der Waals surface area contributed by atoms with Crippen molar-refractivity contribution in [2.45, 2.75) is 23.5 Å². The van der Waals surface area contributed by atoms with Gasteiger partial charge in [-0.05, 0) is 23.6 Å². The minimum absolute atomic E-state index is 0.0386. The zero-order valence-corrected chi connectivity index (χ0v) is 12.4. The first-order chi connectivity index (χ1) is 7.97. The fourth-order valence-electron chi connectivity index (χ4n) is 1.60. The number of hydrogen-bond donors (Lipinski definition) is 1. The van der Waals surface area contributed by atoms with Crippen LogP contribution in [0, 0.1) is 0 Å². The summed E-state index contributed by atoms with van der Waals surface area (Å²) < 4.78 is 0. The van der Waals surface area contributed by atoms with E-state index >= 15 is 0 Å². The number of rotatable bonds is 5. The molecule has 0 radical (unpaired) electrons. The zero-order chi connectivity index (χ0) is 13.0. The molecule has 0 heterocycles. The van der Waals surface area contributed by atoms with Gasteiger partial charge >= 0.3 is 5.97 Å². The predicted molar refractivity (Wildman–Crippen MR) is 72.8 cm³/mol. The molecule has 0 saturated carbocycles. The van der Waals surface area contributed by atoms with Crippen molar-refractivity contribution in [2.24, 2.45) is 0 Å². The van der Waals surface area contributed by atoms with E-state index in [4.69, 9.17) is 5.11 Å². The van der Waals surface area contributed by atoms with E-state index in [-0.39, 0.29) is 12.2 Å². The Morgan fingerprint density at radius 1 is 1.41 bits per heavy atom. The summed E-state index contributed by atoms with van der Waals surface area (Å²) in [5.41, 5.74) is 2.33. The van der Waals surface area contributed by atoms with Gasteiger partial charge in [0.1, 0.15) is 5.78 Å². The third-order valence-corrected chi connectivity index (χ3v) is 4.15. The van der Waals surface area contributed by atoms with Gasteiger partial charge in [0, 0.05) is 5.33 Å². The highest BCUT2D eigenvalue weighted by Crippen LogP contribution is 2.30. The van der Waals surface area contributed by atoms with Gasteiger partial charge in [-0.1, -0.05) is 50.1 Å². The van der Waals surface area contributed by atoms with Crippen molar-refractivity contribution in [1.29, 1.82) is 0 Å². The Hall–Kier alpha value is -0.680. The molecule has 0 saturated heterocycles. The average molecular weight is 364 g/mol. The van der Waals surface area contributed by atoms with Gasteiger partial charge in [0.25, 0.3) is 0 Å². The van der Waals surface area contributed by atoms with Crippen LogP contribution in [-0.2, 0) is 21.3 Å². The van der Waals surface area contributed by atoms with E-state index in [0.717, 1.165) is 11.1 Å². The Morgan fingerprint density at radius 3 is 2.53 bits per heavy atom. The van der Waals surface area contributed by atoms with Crippen molar-refractivity contribution >= 4 is 43.6 Å². The number of ketones is 1. The molecule has 1 N–H and O–H groups in total. The van der Waals surface area contributed by atoms with E-state index in [0.29, 0.717) is 10.9 Å². The number of hydrogen-bond acceptors (Lipinski definition) is 2. The summed E-state index contributed by atoms with van der Waals surface area (Å²) in [6, 6.07) is 5.47. The first kappa shape index (κ1) is 14.4. The average Bonchev–Trinajstić information content (AvgIpc) is 2.27. The van der Waals surface area contributed by atoms with Gasteiger partial charge in [0.2, 0.25) is 0 Å². The molecule has 0 fully saturated rings. The zero-order valence-electron chi connectivity index (χ0n) is 9.24. The molecule has 0 amide bonds. The van der Waals surface area contributed by atoms with E-state index in [1.54, 1.807) is 6.07 Å². The number of aliphatic carboxylic acids is 1. The largest absolute Gasteiger partial charge is 0.481 e. The lowest BCUT2D eigenvalue weighted by Gasteiger charge is -2.15. The molecule has 17 heavy (non-hydrogen) atoms. The Balaban J connectivity index is 3.28. The maximum Gasteiger partial charge on any atom is 0.307 e. The molecule has 92 valence electrons. The minimum Gasteiger partial charge on any atom is -0.481 e. The molecule has 0 aliphatic carbocycles. The quantitative estimate of drug-likeness (QED) is 0.817. The number of benzene rings is 1. The lowest BCUT2D eigenvalue weighted by molar-refractivity contribution is -0.136. The van der Waals surface area contributed by atoms with Crippen LogP contribution in [0.15, 0.2) is 18.2 Å². The van der Waals surface area contributed by atoms with Gasteiger partial charge in [-0.25, -0.2) is 0 Å². The monoisotopic (exact) mass is 362 g/mol. The van der Waals surface area contributed by atoms with Gasteiger partial charge in [-0.15, -0.1) is 0 Å². The van der Waals surface area contributed by atoms with E-state index in [9.17, 15) is 9.59 Å². The number of halogens is 2. The summed E-state index contributed by atoms with van der Waals surface area (Å²) >= 11 is 6.62. The maximum atomic E-state index is 11.4. The molecule has 0 aromatic heterocycles. The van der Waals surface area contributed by atoms with Crippen LogP contribution in [0.3, 0.4) is 0 Å². The molecule has 3 nitrogen and oxygen atoms in total. The fourth-order valence-corrected chi connectivity index (χ4v) is 2.56. The summed E-state index contributed by atoms with van der Waals surface area (Å²) in [5, 5.41) is 9.49. The molecular formula is C12H12Br2O3. The van der Waals surface area contributed by atoms with Crippen molar-refractivity contribution in [3.8, 4) is 0 Å². The SMILES string of the molecule is CC(=O)C(Br)c1cccc(CBr)c1CC(=O)O. The van der Waals surface area contributed by atoms with E-state index < -0.39 is 10.8 Å². The van der Waals surface area contributed by atoms with Crippen molar-refractivity contribution in [3.63, 3.8) is 0 Å². The number of Topliss-reactive ketones (excluding diaryl/α,β-unsaturated/α-hetero) is 1. The molecule has 1 aromatic carbocycles. The van der Waals surface area contributed by atoms with Crippen molar-refractivity contribution in [1.82, 2.24) is 0 Å². The third-order valence-electron chi connectivity index (χ3n) is 2.41. The first-order valence-electron chi connectivity index (χ1n) is 5.00. The molecule has 5 heteroatoms. The smallest absolute Gasteiger partial charge is 0.307 e. The van der Waals surface area contributed by atoms with E-state index in [1.807, 2.05) is 12.1 Å². The molecular weight excluding hydrogens is 352 g/mol. The Morgan fingerprint density at radius 2 is 2.06 bits per heavy atom. The highest BCUT2D eigenvalue weighted by Gasteiger charge is 2.19. The van der Waals surface area contributed by atoms with E-state index in [1.165, 1.54) is 6.92 Å². The minimum atomic E-state index is -0.900. The van der Waals surface area contributed by atoms with Crippen LogP contribution in [0.1, 0.15) is 28.4 Å². The lowest BCUT2D eigenvalue weighted by atomic mass is 9.96. The predicted octanol–water partition coefficient (Wildman–Crippen LogP) is 3.23. The number of carbonyl (C=O) groups is 2.